The van der Waals surface area contributed by atoms with E-state index in [1.165, 1.54) is 0 Å². The second-order valence-corrected chi connectivity index (χ2v) is 4.18. The Bertz CT molecular complexity index is 407. The quantitative estimate of drug-likeness (QED) is 0.660. The highest BCUT2D eigenvalue weighted by Gasteiger charge is 2.09. The summed E-state index contributed by atoms with van der Waals surface area (Å²) in [5.74, 6) is 0.414. The largest absolute Gasteiger partial charge is 0.492 e. The normalized spacial score (nSPS) is 11.9. The monoisotopic (exact) mass is 252 g/mol. The number of hydrogen-bond acceptors (Lipinski definition) is 4. The Labute approximate surface area is 107 Å². The summed E-state index contributed by atoms with van der Waals surface area (Å²) in [6.07, 6.45) is 0. The molecule has 1 amide bonds. The third-order valence-electron chi connectivity index (χ3n) is 2.49. The highest BCUT2D eigenvalue weighted by Crippen LogP contribution is 2.22. The van der Waals surface area contributed by atoms with Gasteiger partial charge in [0.15, 0.2) is 0 Å². The van der Waals surface area contributed by atoms with E-state index in [1.807, 2.05) is 13.8 Å². The van der Waals surface area contributed by atoms with Gasteiger partial charge in [0.25, 0.3) is 5.91 Å². The predicted octanol–water partition coefficient (Wildman–Crippen LogP) is 1.03. The van der Waals surface area contributed by atoms with Gasteiger partial charge < -0.3 is 20.9 Å². The van der Waals surface area contributed by atoms with Gasteiger partial charge in [0.2, 0.25) is 0 Å². The fourth-order valence-corrected chi connectivity index (χ4v) is 1.41. The van der Waals surface area contributed by atoms with Crippen LogP contribution in [0, 0.1) is 5.92 Å². The van der Waals surface area contributed by atoms with E-state index in [0.29, 0.717) is 30.2 Å². The smallest absolute Gasteiger partial charge is 0.251 e. The molecule has 1 aromatic carbocycles. The molecule has 0 saturated carbocycles. The average Bonchev–Trinajstić information content (AvgIpc) is 2.38. The van der Waals surface area contributed by atoms with Crippen molar-refractivity contribution < 1.29 is 14.6 Å². The minimum atomic E-state index is -0.204. The first kappa shape index (κ1) is 14.3. The Kier molecular flexibility index (Phi) is 5.45. The van der Waals surface area contributed by atoms with Gasteiger partial charge >= 0.3 is 0 Å². The second kappa shape index (κ2) is 6.86. The van der Waals surface area contributed by atoms with Crippen LogP contribution in [0.1, 0.15) is 24.2 Å². The number of anilines is 1. The van der Waals surface area contributed by atoms with E-state index in [2.05, 4.69) is 5.32 Å². The van der Waals surface area contributed by atoms with E-state index in [0.717, 1.165) is 0 Å². The molecule has 1 unspecified atom stereocenters. The Morgan fingerprint density at radius 2 is 2.28 bits per heavy atom. The van der Waals surface area contributed by atoms with Crippen molar-refractivity contribution >= 4 is 11.6 Å². The number of hydrogen-bond donors (Lipinski definition) is 3. The molecule has 0 aliphatic carbocycles. The molecule has 4 N–H and O–H groups in total. The summed E-state index contributed by atoms with van der Waals surface area (Å²) in [6, 6.07) is 4.94. The van der Waals surface area contributed by atoms with Gasteiger partial charge in [-0.2, -0.15) is 0 Å². The molecule has 1 atom stereocenters. The Hall–Kier alpha value is -1.75. The number of aliphatic hydroxyl groups is 1. The topological polar surface area (TPSA) is 84.6 Å². The van der Waals surface area contributed by atoms with Crippen LogP contribution in [0.15, 0.2) is 18.2 Å². The Balaban J connectivity index is 2.66. The maximum atomic E-state index is 11.8. The minimum Gasteiger partial charge on any atom is -0.492 e. The number of benzene rings is 1. The van der Waals surface area contributed by atoms with Crippen molar-refractivity contribution in [1.82, 2.24) is 5.32 Å². The minimum absolute atomic E-state index is 0.0361. The van der Waals surface area contributed by atoms with Crippen molar-refractivity contribution in [3.63, 3.8) is 0 Å². The zero-order valence-electron chi connectivity index (χ0n) is 10.8. The molecule has 0 heterocycles. The van der Waals surface area contributed by atoms with Crippen LogP contribution >= 0.6 is 0 Å². The number of amides is 1. The van der Waals surface area contributed by atoms with Crippen molar-refractivity contribution in [2.75, 3.05) is 25.5 Å². The lowest BCUT2D eigenvalue weighted by molar-refractivity contribution is 0.0942. The van der Waals surface area contributed by atoms with Crippen molar-refractivity contribution in [2.24, 2.45) is 5.92 Å². The van der Waals surface area contributed by atoms with Crippen molar-refractivity contribution in [3.05, 3.63) is 23.8 Å². The van der Waals surface area contributed by atoms with E-state index in [4.69, 9.17) is 15.6 Å². The van der Waals surface area contributed by atoms with E-state index < -0.39 is 0 Å². The molecular weight excluding hydrogens is 232 g/mol. The lowest BCUT2D eigenvalue weighted by Crippen LogP contribution is -2.29. The lowest BCUT2D eigenvalue weighted by Gasteiger charge is -2.11. The van der Waals surface area contributed by atoms with Crippen LogP contribution in [0.4, 0.5) is 5.69 Å². The van der Waals surface area contributed by atoms with Crippen molar-refractivity contribution in [1.29, 1.82) is 0 Å². The molecule has 0 aromatic heterocycles. The summed E-state index contributed by atoms with van der Waals surface area (Å²) in [5, 5.41) is 11.6. The Morgan fingerprint density at radius 1 is 1.56 bits per heavy atom. The number of carbonyl (C=O) groups excluding carboxylic acids is 1. The zero-order chi connectivity index (χ0) is 13.5. The average molecular weight is 252 g/mol. The van der Waals surface area contributed by atoms with Crippen LogP contribution in [0.3, 0.4) is 0 Å². The van der Waals surface area contributed by atoms with Crippen LogP contribution < -0.4 is 15.8 Å². The predicted molar refractivity (Wildman–Crippen MR) is 70.6 cm³/mol. The van der Waals surface area contributed by atoms with Gasteiger partial charge in [-0.3, -0.25) is 4.79 Å². The fourth-order valence-electron chi connectivity index (χ4n) is 1.41. The summed E-state index contributed by atoms with van der Waals surface area (Å²) < 4.78 is 5.30. The molecular formula is C13H20N2O3. The molecule has 0 fully saturated rings. The standard InChI is InChI=1S/C13H20N2O3/c1-3-18-12-5-4-10(6-11(12)14)13(17)15-7-9(2)8-16/h4-6,9,16H,3,7-8,14H2,1-2H3,(H,15,17). The number of nitrogens with one attached hydrogen (secondary N) is 1. The summed E-state index contributed by atoms with van der Waals surface area (Å²) in [5.41, 5.74) is 6.71. The summed E-state index contributed by atoms with van der Waals surface area (Å²) in [6.45, 7) is 4.74. The number of nitrogens with two attached hydrogens (primary N) is 1. The molecule has 18 heavy (non-hydrogen) atoms. The second-order valence-electron chi connectivity index (χ2n) is 4.18. The Morgan fingerprint density at radius 3 is 2.83 bits per heavy atom. The molecule has 5 heteroatoms. The maximum Gasteiger partial charge on any atom is 0.251 e. The molecule has 0 radical (unpaired) electrons. The molecule has 5 nitrogen and oxygen atoms in total. The molecule has 1 aromatic rings. The number of carbonyl (C=O) groups is 1. The highest BCUT2D eigenvalue weighted by atomic mass is 16.5. The summed E-state index contributed by atoms with van der Waals surface area (Å²) in [4.78, 5) is 11.8. The van der Waals surface area contributed by atoms with Gasteiger partial charge in [0.1, 0.15) is 5.75 Å². The van der Waals surface area contributed by atoms with Crippen LogP contribution in [-0.4, -0.2) is 30.8 Å². The molecule has 0 saturated heterocycles. The molecule has 0 aliphatic rings. The van der Waals surface area contributed by atoms with E-state index in [1.54, 1.807) is 18.2 Å². The van der Waals surface area contributed by atoms with E-state index in [-0.39, 0.29) is 18.4 Å². The zero-order valence-corrected chi connectivity index (χ0v) is 10.8. The van der Waals surface area contributed by atoms with E-state index in [9.17, 15) is 4.79 Å². The number of aliphatic hydroxyl groups excluding tert-OH is 1. The van der Waals surface area contributed by atoms with Crippen LogP contribution in [-0.2, 0) is 0 Å². The van der Waals surface area contributed by atoms with Gasteiger partial charge in [0, 0.05) is 18.7 Å². The first-order valence-electron chi connectivity index (χ1n) is 5.99. The summed E-state index contributed by atoms with van der Waals surface area (Å²) in [7, 11) is 0. The van der Waals surface area contributed by atoms with Gasteiger partial charge in [-0.25, -0.2) is 0 Å². The molecule has 0 bridgehead atoms. The van der Waals surface area contributed by atoms with Gasteiger partial charge in [-0.1, -0.05) is 6.92 Å². The number of nitrogen functional groups attached to an aromatic ring is 1. The molecule has 0 aliphatic heterocycles. The van der Waals surface area contributed by atoms with Crippen molar-refractivity contribution in [2.45, 2.75) is 13.8 Å². The van der Waals surface area contributed by atoms with Gasteiger partial charge in [0.05, 0.1) is 12.3 Å². The number of rotatable bonds is 6. The molecule has 100 valence electrons. The highest BCUT2D eigenvalue weighted by molar-refractivity contribution is 5.95. The number of ether oxygens (including phenoxy) is 1. The maximum absolute atomic E-state index is 11.8. The summed E-state index contributed by atoms with van der Waals surface area (Å²) >= 11 is 0. The van der Waals surface area contributed by atoms with Gasteiger partial charge in [-0.05, 0) is 31.0 Å². The van der Waals surface area contributed by atoms with Crippen LogP contribution in [0.5, 0.6) is 5.75 Å². The molecule has 1 rings (SSSR count). The first-order valence-corrected chi connectivity index (χ1v) is 5.99. The fraction of sp³-hybridized carbons (Fsp3) is 0.462. The third kappa shape index (κ3) is 3.92. The third-order valence-corrected chi connectivity index (χ3v) is 2.49. The SMILES string of the molecule is CCOc1ccc(C(=O)NCC(C)CO)cc1N. The van der Waals surface area contributed by atoms with Crippen molar-refractivity contribution in [3.8, 4) is 5.75 Å². The van der Waals surface area contributed by atoms with Crippen LogP contribution in [0.25, 0.3) is 0 Å². The lowest BCUT2D eigenvalue weighted by atomic mass is 10.1. The van der Waals surface area contributed by atoms with Crippen LogP contribution in [0.2, 0.25) is 0 Å². The first-order chi connectivity index (χ1) is 8.58. The molecule has 0 spiro atoms. The van der Waals surface area contributed by atoms with E-state index >= 15 is 0 Å². The van der Waals surface area contributed by atoms with Gasteiger partial charge in [-0.15, -0.1) is 0 Å².